The Bertz CT molecular complexity index is 1010. The van der Waals surface area contributed by atoms with Gasteiger partial charge in [-0.15, -0.1) is 5.10 Å². The number of thioether (sulfide) groups is 1. The topological polar surface area (TPSA) is 99.8 Å². The van der Waals surface area contributed by atoms with E-state index in [1.165, 1.54) is 11.8 Å². The number of amides is 2. The average Bonchev–Trinajstić information content (AvgIpc) is 3.19. The molecule has 0 radical (unpaired) electrons. The number of aromatic nitrogens is 3. The van der Waals surface area contributed by atoms with Crippen LogP contribution in [0.5, 0.6) is 0 Å². The summed E-state index contributed by atoms with van der Waals surface area (Å²) in [4.78, 5) is 29.1. The fourth-order valence-electron chi connectivity index (χ4n) is 2.72. The molecule has 2 amide bonds. The van der Waals surface area contributed by atoms with E-state index in [2.05, 4.69) is 25.8 Å². The zero-order valence-corrected chi connectivity index (χ0v) is 18.1. The monoisotopic (exact) mass is 443 g/mol. The zero-order valence-electron chi connectivity index (χ0n) is 16.6. The number of carbonyl (C=O) groups is 2. The van der Waals surface area contributed by atoms with Gasteiger partial charge in [-0.2, -0.15) is 0 Å². The Hall–Kier alpha value is -2.84. The second-order valence-electron chi connectivity index (χ2n) is 6.91. The van der Waals surface area contributed by atoms with Gasteiger partial charge in [0.25, 0.3) is 5.91 Å². The first-order valence-corrected chi connectivity index (χ1v) is 10.7. The van der Waals surface area contributed by atoms with Crippen molar-refractivity contribution >= 4 is 40.9 Å². The second kappa shape index (κ2) is 10.3. The van der Waals surface area contributed by atoms with Crippen molar-refractivity contribution in [3.63, 3.8) is 0 Å². The number of hydrogen-bond donors (Lipinski definition) is 3. The standard InChI is InChI=1S/C21H22ClN5O2S/c1-13(2)18(24-20(29)14-7-4-3-5-8-14)19-25-21(27-26-19)30-12-17(28)23-16-10-6-9-15(22)11-16/h3-11,13,18H,12H2,1-2H3,(H,23,28)(H,24,29)(H,25,26,27). The third-order valence-corrected chi connectivity index (χ3v) is 5.29. The molecule has 1 unspecified atom stereocenters. The highest BCUT2D eigenvalue weighted by molar-refractivity contribution is 7.99. The highest BCUT2D eigenvalue weighted by atomic mass is 35.5. The van der Waals surface area contributed by atoms with Gasteiger partial charge in [0.15, 0.2) is 0 Å². The first-order valence-electron chi connectivity index (χ1n) is 9.39. The molecule has 7 nitrogen and oxygen atoms in total. The number of aromatic amines is 1. The maximum atomic E-state index is 12.5. The van der Waals surface area contributed by atoms with Crippen molar-refractivity contribution in [3.05, 3.63) is 71.0 Å². The number of anilines is 1. The van der Waals surface area contributed by atoms with Crippen LogP contribution in [0.25, 0.3) is 0 Å². The molecule has 3 rings (SSSR count). The first kappa shape index (κ1) is 21.9. The SMILES string of the molecule is CC(C)C(NC(=O)c1ccccc1)c1nc(SCC(=O)Nc2cccc(Cl)c2)n[nH]1. The number of rotatable bonds is 8. The number of carbonyl (C=O) groups excluding carboxylic acids is 2. The minimum Gasteiger partial charge on any atom is -0.342 e. The van der Waals surface area contributed by atoms with Crippen LogP contribution in [0, 0.1) is 5.92 Å². The second-order valence-corrected chi connectivity index (χ2v) is 8.29. The zero-order chi connectivity index (χ0) is 21.5. The summed E-state index contributed by atoms with van der Waals surface area (Å²) in [5.74, 6) is 0.417. The maximum absolute atomic E-state index is 12.5. The largest absolute Gasteiger partial charge is 0.342 e. The first-order chi connectivity index (χ1) is 14.4. The van der Waals surface area contributed by atoms with E-state index in [0.717, 1.165) is 0 Å². The summed E-state index contributed by atoms with van der Waals surface area (Å²) in [5.41, 5.74) is 1.21. The summed E-state index contributed by atoms with van der Waals surface area (Å²) in [6, 6.07) is 15.6. The molecule has 0 aliphatic rings. The van der Waals surface area contributed by atoms with Gasteiger partial charge < -0.3 is 10.6 Å². The molecule has 156 valence electrons. The number of nitrogens with zero attached hydrogens (tertiary/aromatic N) is 2. The van der Waals surface area contributed by atoms with Crippen LogP contribution in [-0.2, 0) is 4.79 Å². The van der Waals surface area contributed by atoms with Gasteiger partial charge >= 0.3 is 0 Å². The quantitative estimate of drug-likeness (QED) is 0.450. The van der Waals surface area contributed by atoms with E-state index < -0.39 is 0 Å². The smallest absolute Gasteiger partial charge is 0.251 e. The van der Waals surface area contributed by atoms with E-state index in [1.807, 2.05) is 32.0 Å². The highest BCUT2D eigenvalue weighted by Gasteiger charge is 2.23. The minimum absolute atomic E-state index is 0.0922. The maximum Gasteiger partial charge on any atom is 0.251 e. The Balaban J connectivity index is 1.59. The average molecular weight is 444 g/mol. The van der Waals surface area contributed by atoms with Crippen LogP contribution in [0.3, 0.4) is 0 Å². The predicted octanol–water partition coefficient (Wildman–Crippen LogP) is 4.32. The fourth-order valence-corrected chi connectivity index (χ4v) is 3.52. The normalized spacial score (nSPS) is 11.9. The molecule has 9 heteroatoms. The number of H-pyrrole nitrogens is 1. The summed E-state index contributed by atoms with van der Waals surface area (Å²) in [5, 5.41) is 13.8. The van der Waals surface area contributed by atoms with Gasteiger partial charge in [0.1, 0.15) is 5.82 Å². The van der Waals surface area contributed by atoms with Gasteiger partial charge in [-0.1, -0.05) is 61.5 Å². The Kier molecular flexibility index (Phi) is 7.48. The van der Waals surface area contributed by atoms with Crippen LogP contribution >= 0.6 is 23.4 Å². The third kappa shape index (κ3) is 6.08. The molecule has 1 atom stereocenters. The lowest BCUT2D eigenvalue weighted by Gasteiger charge is -2.19. The van der Waals surface area contributed by atoms with E-state index in [0.29, 0.717) is 27.3 Å². The number of nitrogens with one attached hydrogen (secondary N) is 3. The number of benzene rings is 2. The van der Waals surface area contributed by atoms with Crippen molar-refractivity contribution in [2.24, 2.45) is 5.92 Å². The van der Waals surface area contributed by atoms with E-state index in [-0.39, 0.29) is 29.5 Å². The van der Waals surface area contributed by atoms with Crippen LogP contribution in [0.15, 0.2) is 59.8 Å². The molecule has 0 bridgehead atoms. The van der Waals surface area contributed by atoms with E-state index in [4.69, 9.17) is 11.6 Å². The van der Waals surface area contributed by atoms with Crippen LogP contribution in [0.1, 0.15) is 36.1 Å². The summed E-state index contributed by atoms with van der Waals surface area (Å²) in [7, 11) is 0. The summed E-state index contributed by atoms with van der Waals surface area (Å²) in [6.45, 7) is 3.98. The molecule has 0 aliphatic heterocycles. The number of hydrogen-bond acceptors (Lipinski definition) is 5. The van der Waals surface area contributed by atoms with Crippen LogP contribution in [0.4, 0.5) is 5.69 Å². The van der Waals surface area contributed by atoms with Crippen LogP contribution < -0.4 is 10.6 Å². The lowest BCUT2D eigenvalue weighted by atomic mass is 10.0. The summed E-state index contributed by atoms with van der Waals surface area (Å²) < 4.78 is 0. The van der Waals surface area contributed by atoms with Crippen molar-refractivity contribution in [2.45, 2.75) is 25.0 Å². The van der Waals surface area contributed by atoms with Crippen molar-refractivity contribution in [3.8, 4) is 0 Å². The molecule has 3 aromatic rings. The van der Waals surface area contributed by atoms with Gasteiger partial charge in [0.05, 0.1) is 11.8 Å². The van der Waals surface area contributed by atoms with E-state index in [9.17, 15) is 9.59 Å². The molecule has 0 spiro atoms. The molecule has 0 fully saturated rings. The van der Waals surface area contributed by atoms with Crippen molar-refractivity contribution in [2.75, 3.05) is 11.1 Å². The molecule has 0 saturated heterocycles. The van der Waals surface area contributed by atoms with Gasteiger partial charge in [-0.3, -0.25) is 14.7 Å². The number of halogens is 1. The Morgan fingerprint density at radius 2 is 1.90 bits per heavy atom. The van der Waals surface area contributed by atoms with Gasteiger partial charge in [0, 0.05) is 16.3 Å². The van der Waals surface area contributed by atoms with Gasteiger partial charge in [-0.05, 0) is 36.2 Å². The molecular formula is C21H22ClN5O2S. The van der Waals surface area contributed by atoms with Crippen LogP contribution in [-0.4, -0.2) is 32.7 Å². The van der Waals surface area contributed by atoms with Crippen molar-refractivity contribution in [1.29, 1.82) is 0 Å². The molecule has 3 N–H and O–H groups in total. The molecule has 0 saturated carbocycles. The Labute approximate surface area is 184 Å². The molecule has 1 heterocycles. The lowest BCUT2D eigenvalue weighted by Crippen LogP contribution is -2.32. The van der Waals surface area contributed by atoms with Gasteiger partial charge in [-0.25, -0.2) is 4.98 Å². The van der Waals surface area contributed by atoms with Crippen molar-refractivity contribution < 1.29 is 9.59 Å². The van der Waals surface area contributed by atoms with E-state index >= 15 is 0 Å². The van der Waals surface area contributed by atoms with Gasteiger partial charge in [0.2, 0.25) is 11.1 Å². The predicted molar refractivity (Wildman–Crippen MR) is 119 cm³/mol. The van der Waals surface area contributed by atoms with E-state index in [1.54, 1.807) is 36.4 Å². The lowest BCUT2D eigenvalue weighted by molar-refractivity contribution is -0.113. The fraction of sp³-hybridized carbons (Fsp3) is 0.238. The Morgan fingerprint density at radius 3 is 2.60 bits per heavy atom. The Morgan fingerprint density at radius 1 is 1.13 bits per heavy atom. The molecular weight excluding hydrogens is 422 g/mol. The molecule has 1 aromatic heterocycles. The third-order valence-electron chi connectivity index (χ3n) is 4.21. The molecule has 2 aromatic carbocycles. The molecule has 0 aliphatic carbocycles. The summed E-state index contributed by atoms with van der Waals surface area (Å²) >= 11 is 7.13. The summed E-state index contributed by atoms with van der Waals surface area (Å²) in [6.07, 6.45) is 0. The highest BCUT2D eigenvalue weighted by Crippen LogP contribution is 2.22. The molecule has 30 heavy (non-hydrogen) atoms. The van der Waals surface area contributed by atoms with Crippen molar-refractivity contribution in [1.82, 2.24) is 20.5 Å². The van der Waals surface area contributed by atoms with Crippen LogP contribution in [0.2, 0.25) is 5.02 Å². The minimum atomic E-state index is -0.333.